The first-order chi connectivity index (χ1) is 4.02. The molecule has 1 aliphatic carbocycles. The standard InChI is InChI=1S/C5H10F2NP/c1-4(3-8-9)2-5(4,6)7/h8H,2-3,9H2,1H3/t4-/m1/s1. The van der Waals surface area contributed by atoms with Gasteiger partial charge >= 0.3 is 0 Å². The predicted molar refractivity (Wildman–Crippen MR) is 35.4 cm³/mol. The summed E-state index contributed by atoms with van der Waals surface area (Å²) in [5.74, 6) is -2.42. The van der Waals surface area contributed by atoms with E-state index in [1.165, 1.54) is 0 Å². The molecule has 1 saturated carbocycles. The maximum atomic E-state index is 12.3. The van der Waals surface area contributed by atoms with E-state index in [1.807, 2.05) is 0 Å². The Morgan fingerprint density at radius 3 is 2.22 bits per heavy atom. The van der Waals surface area contributed by atoms with Gasteiger partial charge in [-0.3, -0.25) is 5.09 Å². The summed E-state index contributed by atoms with van der Waals surface area (Å²) in [4.78, 5) is 0. The van der Waals surface area contributed by atoms with Gasteiger partial charge in [0.2, 0.25) is 0 Å². The molecule has 0 aromatic carbocycles. The van der Waals surface area contributed by atoms with Gasteiger partial charge in [-0.2, -0.15) is 0 Å². The molecule has 1 nitrogen and oxygen atoms in total. The van der Waals surface area contributed by atoms with E-state index < -0.39 is 11.3 Å². The lowest BCUT2D eigenvalue weighted by atomic mass is 10.1. The van der Waals surface area contributed by atoms with Crippen LogP contribution in [0.15, 0.2) is 0 Å². The topological polar surface area (TPSA) is 12.0 Å². The highest BCUT2D eigenvalue weighted by Gasteiger charge is 2.67. The minimum atomic E-state index is -2.42. The van der Waals surface area contributed by atoms with Gasteiger partial charge in [-0.05, 0) is 0 Å². The Bertz CT molecular complexity index is 128. The lowest BCUT2D eigenvalue weighted by molar-refractivity contribution is 0.0719. The second-order valence-corrected chi connectivity index (χ2v) is 3.23. The van der Waals surface area contributed by atoms with E-state index in [4.69, 9.17) is 0 Å². The largest absolute Gasteiger partial charge is 0.300 e. The van der Waals surface area contributed by atoms with Gasteiger partial charge in [0.05, 0.1) is 0 Å². The van der Waals surface area contributed by atoms with Gasteiger partial charge in [0.25, 0.3) is 5.92 Å². The Balaban J connectivity index is 2.42. The molecule has 0 amide bonds. The molecule has 0 aromatic heterocycles. The molecule has 0 radical (unpaired) electrons. The van der Waals surface area contributed by atoms with Gasteiger partial charge in [0.1, 0.15) is 0 Å². The van der Waals surface area contributed by atoms with Crippen LogP contribution in [0.25, 0.3) is 0 Å². The minimum Gasteiger partial charge on any atom is -0.300 e. The molecule has 0 saturated heterocycles. The van der Waals surface area contributed by atoms with Crippen LogP contribution in [0.2, 0.25) is 0 Å². The molecule has 0 aromatic rings. The second-order valence-electron chi connectivity index (χ2n) is 2.82. The Morgan fingerprint density at radius 1 is 1.67 bits per heavy atom. The van der Waals surface area contributed by atoms with E-state index >= 15 is 0 Å². The van der Waals surface area contributed by atoms with Crippen molar-refractivity contribution in [3.05, 3.63) is 0 Å². The average molecular weight is 153 g/mol. The van der Waals surface area contributed by atoms with E-state index in [9.17, 15) is 8.78 Å². The van der Waals surface area contributed by atoms with Gasteiger partial charge in [-0.1, -0.05) is 16.3 Å². The number of rotatable bonds is 2. The van der Waals surface area contributed by atoms with Crippen molar-refractivity contribution in [1.82, 2.24) is 5.09 Å². The first-order valence-electron chi connectivity index (χ1n) is 2.83. The van der Waals surface area contributed by atoms with Gasteiger partial charge < -0.3 is 0 Å². The van der Waals surface area contributed by atoms with Crippen LogP contribution in [0.4, 0.5) is 8.78 Å². The summed E-state index contributed by atoms with van der Waals surface area (Å²) < 4.78 is 24.6. The fraction of sp³-hybridized carbons (Fsp3) is 1.00. The molecular weight excluding hydrogens is 143 g/mol. The third-order valence-corrected chi connectivity index (χ3v) is 2.07. The zero-order valence-corrected chi connectivity index (χ0v) is 6.40. The first kappa shape index (κ1) is 7.36. The maximum absolute atomic E-state index is 12.3. The predicted octanol–water partition coefficient (Wildman–Crippen LogP) is 1.41. The van der Waals surface area contributed by atoms with Crippen LogP contribution < -0.4 is 5.09 Å². The van der Waals surface area contributed by atoms with Gasteiger partial charge in [0, 0.05) is 18.4 Å². The van der Waals surface area contributed by atoms with Gasteiger partial charge in [-0.15, -0.1) is 0 Å². The van der Waals surface area contributed by atoms with Crippen molar-refractivity contribution in [1.29, 1.82) is 0 Å². The molecule has 9 heavy (non-hydrogen) atoms. The van der Waals surface area contributed by atoms with Crippen LogP contribution in [-0.4, -0.2) is 12.5 Å². The Morgan fingerprint density at radius 2 is 2.11 bits per heavy atom. The number of nitrogens with one attached hydrogen (secondary N) is 1. The van der Waals surface area contributed by atoms with E-state index in [-0.39, 0.29) is 6.42 Å². The highest BCUT2D eigenvalue weighted by molar-refractivity contribution is 7.13. The SMILES string of the molecule is C[C@]1(CNP)CC1(F)F. The van der Waals surface area contributed by atoms with Crippen LogP contribution in [0, 0.1) is 5.41 Å². The molecule has 0 spiro atoms. The van der Waals surface area contributed by atoms with Crippen molar-refractivity contribution >= 4 is 9.39 Å². The molecule has 54 valence electrons. The number of halogens is 2. The Labute approximate surface area is 55.5 Å². The third-order valence-electron chi connectivity index (χ3n) is 1.86. The van der Waals surface area contributed by atoms with Crippen LogP contribution in [-0.2, 0) is 0 Å². The van der Waals surface area contributed by atoms with Crippen molar-refractivity contribution in [2.75, 3.05) is 6.54 Å². The summed E-state index contributed by atoms with van der Waals surface area (Å²) in [7, 11) is 2.23. The molecule has 0 bridgehead atoms. The van der Waals surface area contributed by atoms with Crippen LogP contribution in [0.5, 0.6) is 0 Å². The quantitative estimate of drug-likeness (QED) is 0.591. The summed E-state index contributed by atoms with van der Waals surface area (Å²) in [6.07, 6.45) is 0.0292. The maximum Gasteiger partial charge on any atom is 0.255 e. The average Bonchev–Trinajstić information content (AvgIpc) is 2.07. The van der Waals surface area contributed by atoms with E-state index in [0.29, 0.717) is 6.54 Å². The summed E-state index contributed by atoms with van der Waals surface area (Å²) in [5.41, 5.74) is -0.769. The molecule has 1 unspecified atom stereocenters. The first-order valence-corrected chi connectivity index (χ1v) is 3.41. The summed E-state index contributed by atoms with van der Waals surface area (Å²) >= 11 is 0. The highest BCUT2D eigenvalue weighted by Crippen LogP contribution is 2.59. The molecular formula is C5H10F2NP. The minimum absolute atomic E-state index is 0.0292. The summed E-state index contributed by atoms with van der Waals surface area (Å²) in [5, 5.41) is 2.66. The third kappa shape index (κ3) is 1.08. The molecule has 2 atom stereocenters. The lowest BCUT2D eigenvalue weighted by Gasteiger charge is -2.06. The zero-order chi connectivity index (χ0) is 7.12. The molecule has 0 aliphatic heterocycles. The van der Waals surface area contributed by atoms with Crippen molar-refractivity contribution in [3.63, 3.8) is 0 Å². The van der Waals surface area contributed by atoms with Gasteiger partial charge in [0.15, 0.2) is 0 Å². The van der Waals surface area contributed by atoms with Crippen molar-refractivity contribution in [3.8, 4) is 0 Å². The normalized spacial score (nSPS) is 38.7. The fourth-order valence-corrected chi connectivity index (χ4v) is 1.31. The van der Waals surface area contributed by atoms with Crippen LogP contribution >= 0.6 is 9.39 Å². The van der Waals surface area contributed by atoms with E-state index in [2.05, 4.69) is 14.5 Å². The van der Waals surface area contributed by atoms with Crippen LogP contribution in [0.3, 0.4) is 0 Å². The Hall–Kier alpha value is 0.250. The van der Waals surface area contributed by atoms with Crippen molar-refractivity contribution in [2.24, 2.45) is 5.41 Å². The molecule has 0 heterocycles. The van der Waals surface area contributed by atoms with Crippen LogP contribution in [0.1, 0.15) is 13.3 Å². The summed E-state index contributed by atoms with van der Waals surface area (Å²) in [6, 6.07) is 0. The van der Waals surface area contributed by atoms with Gasteiger partial charge in [-0.25, -0.2) is 8.78 Å². The molecule has 4 heteroatoms. The van der Waals surface area contributed by atoms with E-state index in [1.54, 1.807) is 6.92 Å². The lowest BCUT2D eigenvalue weighted by Crippen LogP contribution is -2.18. The number of hydrogen-bond donors (Lipinski definition) is 1. The molecule has 1 N–H and O–H groups in total. The summed E-state index contributed by atoms with van der Waals surface area (Å²) in [6.45, 7) is 1.97. The van der Waals surface area contributed by atoms with Crippen molar-refractivity contribution in [2.45, 2.75) is 19.3 Å². The smallest absolute Gasteiger partial charge is 0.255 e. The zero-order valence-electron chi connectivity index (χ0n) is 5.25. The molecule has 1 fully saturated rings. The fourth-order valence-electron chi connectivity index (χ4n) is 0.863. The highest BCUT2D eigenvalue weighted by atomic mass is 31.0. The second kappa shape index (κ2) is 1.86. The number of hydrogen-bond acceptors (Lipinski definition) is 1. The Kier molecular flexibility index (Phi) is 1.52. The molecule has 1 rings (SSSR count). The van der Waals surface area contributed by atoms with Crippen molar-refractivity contribution < 1.29 is 8.78 Å². The number of alkyl halides is 2. The van der Waals surface area contributed by atoms with E-state index in [0.717, 1.165) is 0 Å². The molecule has 1 aliphatic rings. The monoisotopic (exact) mass is 153 g/mol.